The van der Waals surface area contributed by atoms with Gasteiger partial charge in [-0.3, -0.25) is 4.79 Å². The van der Waals surface area contributed by atoms with Crippen LogP contribution in [0.1, 0.15) is 26.6 Å². The van der Waals surface area contributed by atoms with Crippen LogP contribution in [0.3, 0.4) is 0 Å². The van der Waals surface area contributed by atoms with Crippen LogP contribution >= 0.6 is 11.3 Å². The van der Waals surface area contributed by atoms with E-state index in [0.717, 1.165) is 16.2 Å². The van der Waals surface area contributed by atoms with Gasteiger partial charge in [-0.25, -0.2) is 4.79 Å². The second-order valence-corrected chi connectivity index (χ2v) is 6.83. The highest BCUT2D eigenvalue weighted by Gasteiger charge is 2.14. The van der Waals surface area contributed by atoms with E-state index in [1.807, 2.05) is 29.6 Å². The first-order valence-corrected chi connectivity index (χ1v) is 9.24. The van der Waals surface area contributed by atoms with Crippen molar-refractivity contribution in [3.8, 4) is 0 Å². The molecular weight excluding hydrogens is 362 g/mol. The van der Waals surface area contributed by atoms with Crippen molar-refractivity contribution in [3.63, 3.8) is 0 Å². The molecule has 0 atom stereocenters. The molecule has 0 bridgehead atoms. The highest BCUT2D eigenvalue weighted by atomic mass is 32.1. The van der Waals surface area contributed by atoms with Gasteiger partial charge in [0.05, 0.1) is 32.0 Å². The van der Waals surface area contributed by atoms with Crippen LogP contribution in [0.25, 0.3) is 6.08 Å². The van der Waals surface area contributed by atoms with Crippen molar-refractivity contribution >= 4 is 29.3 Å². The van der Waals surface area contributed by atoms with E-state index in [0.29, 0.717) is 18.7 Å². The van der Waals surface area contributed by atoms with Crippen molar-refractivity contribution in [1.29, 1.82) is 0 Å². The Bertz CT molecular complexity index is 860. The molecule has 0 saturated carbocycles. The van der Waals surface area contributed by atoms with Crippen molar-refractivity contribution in [1.82, 2.24) is 4.90 Å². The number of ether oxygens (including phenoxy) is 1. The summed E-state index contributed by atoms with van der Waals surface area (Å²) < 4.78 is 10.1. The predicted octanol–water partition coefficient (Wildman–Crippen LogP) is 4.37. The Morgan fingerprint density at radius 3 is 2.56 bits per heavy atom. The van der Waals surface area contributed by atoms with Crippen LogP contribution in [-0.4, -0.2) is 23.9 Å². The van der Waals surface area contributed by atoms with Gasteiger partial charge in [-0.2, -0.15) is 0 Å². The lowest BCUT2D eigenvalue weighted by molar-refractivity contribution is -0.127. The Balaban J connectivity index is 1.71. The van der Waals surface area contributed by atoms with Gasteiger partial charge in [-0.1, -0.05) is 18.2 Å². The van der Waals surface area contributed by atoms with Crippen molar-refractivity contribution in [2.24, 2.45) is 0 Å². The lowest BCUT2D eigenvalue weighted by atomic mass is 10.1. The quantitative estimate of drug-likeness (QED) is 0.450. The van der Waals surface area contributed by atoms with Gasteiger partial charge in [0, 0.05) is 11.0 Å². The molecule has 27 heavy (non-hydrogen) atoms. The third-order valence-electron chi connectivity index (χ3n) is 3.92. The summed E-state index contributed by atoms with van der Waals surface area (Å²) in [6, 6.07) is 14.5. The molecule has 6 heteroatoms. The molecule has 0 saturated heterocycles. The number of nitrogens with zero attached hydrogens (tertiary/aromatic N) is 1. The average Bonchev–Trinajstić information content (AvgIpc) is 3.39. The van der Waals surface area contributed by atoms with Gasteiger partial charge in [0.1, 0.15) is 5.76 Å². The van der Waals surface area contributed by atoms with Crippen LogP contribution in [0.2, 0.25) is 0 Å². The number of carbonyl (C=O) groups is 2. The Hall–Kier alpha value is -3.12. The van der Waals surface area contributed by atoms with Crippen LogP contribution in [0.5, 0.6) is 0 Å². The summed E-state index contributed by atoms with van der Waals surface area (Å²) >= 11 is 1.61. The smallest absolute Gasteiger partial charge is 0.337 e. The molecule has 0 spiro atoms. The molecule has 3 rings (SSSR count). The number of hydrogen-bond donors (Lipinski definition) is 0. The number of rotatable bonds is 7. The van der Waals surface area contributed by atoms with Crippen LogP contribution in [-0.2, 0) is 22.6 Å². The third kappa shape index (κ3) is 5.18. The lowest BCUT2D eigenvalue weighted by Crippen LogP contribution is -2.27. The summed E-state index contributed by atoms with van der Waals surface area (Å²) in [7, 11) is 1.34. The molecule has 0 fully saturated rings. The monoisotopic (exact) mass is 381 g/mol. The summed E-state index contributed by atoms with van der Waals surface area (Å²) in [5.74, 6) is 0.231. The first-order chi connectivity index (χ1) is 13.2. The second-order valence-electron chi connectivity index (χ2n) is 5.80. The standard InChI is InChI=1S/C21H19NO4S/c1-25-21(24)17-9-6-16(7-10-17)8-11-20(23)22(14-18-4-2-12-26-18)15-19-5-3-13-27-19/h2-13H,14-15H2,1H3/b11-8+. The van der Waals surface area contributed by atoms with Gasteiger partial charge in [-0.15, -0.1) is 11.3 Å². The number of carbonyl (C=O) groups excluding carboxylic acids is 2. The minimum absolute atomic E-state index is 0.114. The highest BCUT2D eigenvalue weighted by molar-refractivity contribution is 7.09. The first-order valence-electron chi connectivity index (χ1n) is 8.36. The molecule has 138 valence electrons. The van der Waals surface area contributed by atoms with Crippen LogP contribution in [0.4, 0.5) is 0 Å². The van der Waals surface area contributed by atoms with Crippen molar-refractivity contribution in [3.05, 3.63) is 88.0 Å². The Morgan fingerprint density at radius 2 is 1.93 bits per heavy atom. The molecule has 1 amide bonds. The van der Waals surface area contributed by atoms with Crippen LogP contribution < -0.4 is 0 Å². The average molecular weight is 381 g/mol. The maximum atomic E-state index is 12.7. The summed E-state index contributed by atoms with van der Waals surface area (Å²) in [5.41, 5.74) is 1.29. The zero-order chi connectivity index (χ0) is 19.1. The van der Waals surface area contributed by atoms with Crippen molar-refractivity contribution in [2.75, 3.05) is 7.11 Å². The number of furan rings is 1. The minimum atomic E-state index is -0.387. The Labute approximate surface area is 161 Å². The molecule has 1 aromatic carbocycles. The van der Waals surface area contributed by atoms with E-state index in [1.54, 1.807) is 52.8 Å². The largest absolute Gasteiger partial charge is 0.467 e. The Kier molecular flexibility index (Phi) is 6.22. The van der Waals surface area contributed by atoms with Crippen LogP contribution in [0, 0.1) is 0 Å². The fourth-order valence-electron chi connectivity index (χ4n) is 2.51. The van der Waals surface area contributed by atoms with Crippen LogP contribution in [0.15, 0.2) is 70.7 Å². The van der Waals surface area contributed by atoms with Gasteiger partial charge in [0.2, 0.25) is 5.91 Å². The van der Waals surface area contributed by atoms with E-state index in [-0.39, 0.29) is 11.9 Å². The maximum absolute atomic E-state index is 12.7. The highest BCUT2D eigenvalue weighted by Crippen LogP contribution is 2.16. The molecule has 0 radical (unpaired) electrons. The van der Waals surface area contributed by atoms with Gasteiger partial charge in [-0.05, 0) is 47.4 Å². The number of amides is 1. The molecule has 0 aliphatic rings. The molecule has 0 N–H and O–H groups in total. The van der Waals surface area contributed by atoms with E-state index in [2.05, 4.69) is 4.74 Å². The summed E-state index contributed by atoms with van der Waals surface area (Å²) in [5, 5.41) is 1.99. The van der Waals surface area contributed by atoms with E-state index in [9.17, 15) is 9.59 Å². The summed E-state index contributed by atoms with van der Waals surface area (Å²) in [6.45, 7) is 0.915. The van der Waals surface area contributed by atoms with E-state index < -0.39 is 0 Å². The first kappa shape index (κ1) is 18.7. The molecule has 0 aliphatic carbocycles. The fraction of sp³-hybridized carbons (Fsp3) is 0.143. The molecule has 0 aliphatic heterocycles. The lowest BCUT2D eigenvalue weighted by Gasteiger charge is -2.19. The van der Waals surface area contributed by atoms with Gasteiger partial charge < -0.3 is 14.1 Å². The van der Waals surface area contributed by atoms with Gasteiger partial charge in [0.15, 0.2) is 0 Å². The normalized spacial score (nSPS) is 10.9. The summed E-state index contributed by atoms with van der Waals surface area (Å²) in [6.07, 6.45) is 4.86. The number of methoxy groups -OCH3 is 1. The predicted molar refractivity (Wildman–Crippen MR) is 104 cm³/mol. The molecule has 3 aromatic rings. The molecule has 0 unspecified atom stereocenters. The van der Waals surface area contributed by atoms with E-state index >= 15 is 0 Å². The van der Waals surface area contributed by atoms with Crippen molar-refractivity contribution < 1.29 is 18.7 Å². The van der Waals surface area contributed by atoms with E-state index in [4.69, 9.17) is 4.42 Å². The molecule has 5 nitrogen and oxygen atoms in total. The minimum Gasteiger partial charge on any atom is -0.467 e. The maximum Gasteiger partial charge on any atom is 0.337 e. The SMILES string of the molecule is COC(=O)c1ccc(/C=C/C(=O)N(Cc2ccco2)Cc2cccs2)cc1. The topological polar surface area (TPSA) is 59.8 Å². The third-order valence-corrected chi connectivity index (χ3v) is 4.78. The number of thiophene rings is 1. The Morgan fingerprint density at radius 1 is 1.11 bits per heavy atom. The zero-order valence-electron chi connectivity index (χ0n) is 14.8. The fourth-order valence-corrected chi connectivity index (χ4v) is 3.23. The van der Waals surface area contributed by atoms with Gasteiger partial charge in [0.25, 0.3) is 0 Å². The number of hydrogen-bond acceptors (Lipinski definition) is 5. The van der Waals surface area contributed by atoms with Gasteiger partial charge >= 0.3 is 5.97 Å². The number of benzene rings is 1. The van der Waals surface area contributed by atoms with Crippen molar-refractivity contribution in [2.45, 2.75) is 13.1 Å². The number of esters is 1. The van der Waals surface area contributed by atoms with E-state index in [1.165, 1.54) is 13.2 Å². The molecular formula is C21H19NO4S. The summed E-state index contributed by atoms with van der Waals surface area (Å²) in [4.78, 5) is 27.0. The zero-order valence-corrected chi connectivity index (χ0v) is 15.6. The molecule has 2 aromatic heterocycles. The molecule has 2 heterocycles. The second kappa shape index (κ2) is 9.00.